The number of unbranched alkanes of at least 4 members (excludes halogenated alkanes) is 1. The average molecular weight is 215 g/mol. The maximum absolute atomic E-state index is 10.3. The van der Waals surface area contributed by atoms with E-state index in [2.05, 4.69) is 18.7 Å². The summed E-state index contributed by atoms with van der Waals surface area (Å²) < 4.78 is 5.53. The van der Waals surface area contributed by atoms with Gasteiger partial charge in [0.05, 0.1) is 12.7 Å². The van der Waals surface area contributed by atoms with Crippen LogP contribution in [0.4, 0.5) is 0 Å². The molecule has 0 aromatic rings. The van der Waals surface area contributed by atoms with Crippen molar-refractivity contribution in [2.75, 3.05) is 19.7 Å². The van der Waals surface area contributed by atoms with Crippen molar-refractivity contribution in [3.8, 4) is 0 Å². The molecule has 0 saturated carbocycles. The van der Waals surface area contributed by atoms with Crippen LogP contribution in [0.25, 0.3) is 0 Å². The molecule has 0 radical (unpaired) electrons. The van der Waals surface area contributed by atoms with Crippen LogP contribution in [-0.2, 0) is 9.53 Å². The van der Waals surface area contributed by atoms with Gasteiger partial charge in [0.25, 0.3) is 0 Å². The average Bonchev–Trinajstić information content (AvgIpc) is 2.17. The summed E-state index contributed by atoms with van der Waals surface area (Å²) in [5.41, 5.74) is 0. The van der Waals surface area contributed by atoms with E-state index in [9.17, 15) is 4.79 Å². The number of aliphatic carboxylic acids is 1. The minimum Gasteiger partial charge on any atom is -0.481 e. The lowest BCUT2D eigenvalue weighted by atomic mass is 10.1. The molecular weight excluding hydrogens is 194 g/mol. The molecule has 1 N–H and O–H groups in total. The normalized spacial score (nSPS) is 27.9. The fourth-order valence-corrected chi connectivity index (χ4v) is 1.87. The number of carboxylic acids is 1. The van der Waals surface area contributed by atoms with E-state index in [1.54, 1.807) is 0 Å². The molecule has 0 spiro atoms. The van der Waals surface area contributed by atoms with Gasteiger partial charge >= 0.3 is 5.97 Å². The fourth-order valence-electron chi connectivity index (χ4n) is 1.87. The first kappa shape index (κ1) is 12.5. The van der Waals surface area contributed by atoms with Gasteiger partial charge in [0.15, 0.2) is 0 Å². The van der Waals surface area contributed by atoms with Crippen LogP contribution in [0.5, 0.6) is 0 Å². The number of rotatable bonds is 5. The van der Waals surface area contributed by atoms with Crippen LogP contribution in [0.2, 0.25) is 0 Å². The molecule has 1 aliphatic rings. The van der Waals surface area contributed by atoms with Crippen LogP contribution >= 0.6 is 0 Å². The molecule has 1 saturated heterocycles. The first-order chi connectivity index (χ1) is 7.09. The zero-order valence-electron chi connectivity index (χ0n) is 9.61. The Labute approximate surface area is 91.2 Å². The molecule has 1 fully saturated rings. The summed E-state index contributed by atoms with van der Waals surface area (Å²) in [5, 5.41) is 8.51. The van der Waals surface area contributed by atoms with Crippen LogP contribution in [0.1, 0.15) is 33.1 Å². The Morgan fingerprint density at radius 3 is 2.87 bits per heavy atom. The third-order valence-electron chi connectivity index (χ3n) is 2.82. The summed E-state index contributed by atoms with van der Waals surface area (Å²) in [4.78, 5) is 12.7. The van der Waals surface area contributed by atoms with Crippen LogP contribution in [-0.4, -0.2) is 47.8 Å². The van der Waals surface area contributed by atoms with Gasteiger partial charge < -0.3 is 9.84 Å². The Hall–Kier alpha value is -0.610. The van der Waals surface area contributed by atoms with E-state index in [-0.39, 0.29) is 6.42 Å². The molecule has 0 aromatic heterocycles. The highest BCUT2D eigenvalue weighted by atomic mass is 16.5. The van der Waals surface area contributed by atoms with E-state index in [0.29, 0.717) is 12.1 Å². The van der Waals surface area contributed by atoms with E-state index in [1.165, 1.54) is 0 Å². The van der Waals surface area contributed by atoms with Crippen molar-refractivity contribution in [3.63, 3.8) is 0 Å². The van der Waals surface area contributed by atoms with Gasteiger partial charge in [-0.1, -0.05) is 0 Å². The van der Waals surface area contributed by atoms with Crippen molar-refractivity contribution >= 4 is 5.97 Å². The number of nitrogens with zero attached hydrogens (tertiary/aromatic N) is 1. The Bertz CT molecular complexity index is 208. The predicted octanol–water partition coefficient (Wildman–Crippen LogP) is 1.35. The summed E-state index contributed by atoms with van der Waals surface area (Å²) in [6.07, 6.45) is 2.33. The SMILES string of the molecule is CC1CN(CCCCC(=O)O)C(C)CO1. The lowest BCUT2D eigenvalue weighted by Gasteiger charge is -2.36. The molecule has 0 amide bonds. The van der Waals surface area contributed by atoms with Crippen molar-refractivity contribution in [1.82, 2.24) is 4.90 Å². The quantitative estimate of drug-likeness (QED) is 0.703. The predicted molar refractivity (Wildman–Crippen MR) is 57.9 cm³/mol. The summed E-state index contributed by atoms with van der Waals surface area (Å²) in [7, 11) is 0. The number of carbonyl (C=O) groups is 1. The largest absolute Gasteiger partial charge is 0.481 e. The second-order valence-electron chi connectivity index (χ2n) is 4.34. The molecule has 0 aromatic carbocycles. The second kappa shape index (κ2) is 6.08. The van der Waals surface area contributed by atoms with Gasteiger partial charge in [0.2, 0.25) is 0 Å². The minimum absolute atomic E-state index is 0.286. The van der Waals surface area contributed by atoms with E-state index in [0.717, 1.165) is 32.5 Å². The Kier molecular flexibility index (Phi) is 5.05. The maximum atomic E-state index is 10.3. The van der Waals surface area contributed by atoms with Crippen molar-refractivity contribution in [3.05, 3.63) is 0 Å². The molecule has 15 heavy (non-hydrogen) atoms. The molecule has 4 heteroatoms. The minimum atomic E-state index is -0.696. The van der Waals surface area contributed by atoms with Gasteiger partial charge in [-0.3, -0.25) is 9.69 Å². The first-order valence-corrected chi connectivity index (χ1v) is 5.67. The number of hydrogen-bond donors (Lipinski definition) is 1. The van der Waals surface area contributed by atoms with Crippen LogP contribution in [0, 0.1) is 0 Å². The van der Waals surface area contributed by atoms with Crippen molar-refractivity contribution in [2.24, 2.45) is 0 Å². The summed E-state index contributed by atoms with van der Waals surface area (Å²) >= 11 is 0. The Morgan fingerprint density at radius 2 is 2.20 bits per heavy atom. The molecule has 1 rings (SSSR count). The van der Waals surface area contributed by atoms with Crippen molar-refractivity contribution < 1.29 is 14.6 Å². The molecule has 0 aliphatic carbocycles. The second-order valence-corrected chi connectivity index (χ2v) is 4.34. The summed E-state index contributed by atoms with van der Waals surface area (Å²) in [6, 6.07) is 0.464. The fraction of sp³-hybridized carbons (Fsp3) is 0.909. The third kappa shape index (κ3) is 4.62. The van der Waals surface area contributed by atoms with Crippen LogP contribution in [0.3, 0.4) is 0 Å². The van der Waals surface area contributed by atoms with E-state index in [4.69, 9.17) is 9.84 Å². The summed E-state index contributed by atoms with van der Waals surface area (Å²) in [6.45, 7) is 6.98. The zero-order valence-corrected chi connectivity index (χ0v) is 9.61. The molecular formula is C11H21NO3. The van der Waals surface area contributed by atoms with Crippen LogP contribution in [0.15, 0.2) is 0 Å². The topological polar surface area (TPSA) is 49.8 Å². The highest BCUT2D eigenvalue weighted by Gasteiger charge is 2.22. The number of carboxylic acid groups (broad SMARTS) is 1. The van der Waals surface area contributed by atoms with Crippen molar-refractivity contribution in [2.45, 2.75) is 45.3 Å². The molecule has 88 valence electrons. The molecule has 0 bridgehead atoms. The van der Waals surface area contributed by atoms with Gasteiger partial charge in [-0.15, -0.1) is 0 Å². The highest BCUT2D eigenvalue weighted by molar-refractivity contribution is 5.66. The van der Waals surface area contributed by atoms with Crippen LogP contribution < -0.4 is 0 Å². The lowest BCUT2D eigenvalue weighted by molar-refractivity contribution is -0.137. The molecule has 1 aliphatic heterocycles. The van der Waals surface area contributed by atoms with Gasteiger partial charge in [-0.25, -0.2) is 0 Å². The smallest absolute Gasteiger partial charge is 0.303 e. The molecule has 4 nitrogen and oxygen atoms in total. The monoisotopic (exact) mass is 215 g/mol. The standard InChI is InChI=1S/C11H21NO3/c1-9-8-15-10(2)7-12(9)6-4-3-5-11(13)14/h9-10H,3-8H2,1-2H3,(H,13,14). The maximum Gasteiger partial charge on any atom is 0.303 e. The Balaban J connectivity index is 2.16. The van der Waals surface area contributed by atoms with Gasteiger partial charge in [-0.05, 0) is 33.2 Å². The molecule has 2 unspecified atom stereocenters. The van der Waals surface area contributed by atoms with E-state index >= 15 is 0 Å². The first-order valence-electron chi connectivity index (χ1n) is 5.67. The van der Waals surface area contributed by atoms with Gasteiger partial charge in [-0.2, -0.15) is 0 Å². The number of morpholine rings is 1. The zero-order chi connectivity index (χ0) is 11.3. The van der Waals surface area contributed by atoms with E-state index in [1.807, 2.05) is 0 Å². The van der Waals surface area contributed by atoms with Crippen molar-refractivity contribution in [1.29, 1.82) is 0 Å². The highest BCUT2D eigenvalue weighted by Crippen LogP contribution is 2.12. The molecule has 2 atom stereocenters. The summed E-state index contributed by atoms with van der Waals surface area (Å²) in [5.74, 6) is -0.696. The number of ether oxygens (including phenoxy) is 1. The van der Waals surface area contributed by atoms with Gasteiger partial charge in [0.1, 0.15) is 0 Å². The van der Waals surface area contributed by atoms with Gasteiger partial charge in [0, 0.05) is 19.0 Å². The van der Waals surface area contributed by atoms with E-state index < -0.39 is 5.97 Å². The molecule has 1 heterocycles. The third-order valence-corrected chi connectivity index (χ3v) is 2.82. The Morgan fingerprint density at radius 1 is 1.47 bits per heavy atom. The lowest BCUT2D eigenvalue weighted by Crippen LogP contribution is -2.47. The number of hydrogen-bond acceptors (Lipinski definition) is 3.